The molecule has 0 atom stereocenters. The first-order valence-corrected chi connectivity index (χ1v) is 3.27. The highest BCUT2D eigenvalue weighted by Crippen LogP contribution is 2.29. The molecular weight excluding hydrogens is 142 g/mol. The van der Waals surface area contributed by atoms with Crippen molar-refractivity contribution in [3.8, 4) is 11.5 Å². The summed E-state index contributed by atoms with van der Waals surface area (Å²) in [5, 5.41) is 19.1. The Morgan fingerprint density at radius 3 is 2.64 bits per heavy atom. The Bertz CT molecular complexity index is 392. The summed E-state index contributed by atoms with van der Waals surface area (Å²) >= 11 is 0. The number of H-pyrrole nitrogens is 1. The molecule has 0 radical (unpaired) electrons. The van der Waals surface area contributed by atoms with Gasteiger partial charge in [-0.1, -0.05) is 6.07 Å². The highest BCUT2D eigenvalue weighted by atomic mass is 16.3. The number of para-hydroxylation sites is 1. The molecule has 0 spiro atoms. The van der Waals surface area contributed by atoms with Gasteiger partial charge in [0.15, 0.2) is 0 Å². The number of phenols is 1. The van der Waals surface area contributed by atoms with Gasteiger partial charge in [-0.25, -0.2) is 0 Å². The minimum Gasteiger partial charge on any atom is -0.506 e. The molecule has 1 aromatic heterocycles. The van der Waals surface area contributed by atoms with Gasteiger partial charge < -0.3 is 15.2 Å². The third kappa shape index (κ3) is 0.741. The van der Waals surface area contributed by atoms with Crippen molar-refractivity contribution in [1.29, 1.82) is 0 Å². The second kappa shape index (κ2) is 1.92. The molecule has 0 aliphatic heterocycles. The van der Waals surface area contributed by atoms with Crippen LogP contribution in [-0.2, 0) is 0 Å². The monoisotopic (exact) mass is 149 g/mol. The minimum absolute atomic E-state index is 0.155. The van der Waals surface area contributed by atoms with E-state index in [0.29, 0.717) is 10.9 Å². The number of nitrogens with one attached hydrogen (secondary N) is 1. The van der Waals surface area contributed by atoms with Crippen LogP contribution >= 0.6 is 0 Å². The van der Waals surface area contributed by atoms with Crippen LogP contribution in [0, 0.1) is 0 Å². The number of benzene rings is 1. The maximum atomic E-state index is 9.24. The molecule has 2 rings (SSSR count). The average Bonchev–Trinajstić information content (AvgIpc) is 2.35. The number of phenolic OH excluding ortho intramolecular Hbond substituents is 1. The number of aromatic hydroxyl groups is 2. The average molecular weight is 149 g/mol. The lowest BCUT2D eigenvalue weighted by molar-refractivity contribution is 0.478. The predicted octanol–water partition coefficient (Wildman–Crippen LogP) is 1.58. The number of fused-ring (bicyclic) bond motifs is 1. The molecule has 0 aliphatic carbocycles. The van der Waals surface area contributed by atoms with Gasteiger partial charge in [0.2, 0.25) is 0 Å². The number of aromatic amines is 1. The van der Waals surface area contributed by atoms with Gasteiger partial charge in [-0.15, -0.1) is 0 Å². The molecule has 3 N–H and O–H groups in total. The SMILES string of the molecule is Oc1c[nH]c2c(O)cccc12. The summed E-state index contributed by atoms with van der Waals surface area (Å²) in [7, 11) is 0. The van der Waals surface area contributed by atoms with Gasteiger partial charge >= 0.3 is 0 Å². The van der Waals surface area contributed by atoms with Crippen molar-refractivity contribution in [1.82, 2.24) is 4.98 Å². The van der Waals surface area contributed by atoms with Crippen molar-refractivity contribution in [3.05, 3.63) is 24.4 Å². The molecule has 0 unspecified atom stereocenters. The Morgan fingerprint density at radius 1 is 1.09 bits per heavy atom. The zero-order valence-electron chi connectivity index (χ0n) is 5.70. The summed E-state index contributed by atoms with van der Waals surface area (Å²) in [6.45, 7) is 0. The van der Waals surface area contributed by atoms with E-state index in [2.05, 4.69) is 4.98 Å². The first-order valence-electron chi connectivity index (χ1n) is 3.27. The highest BCUT2D eigenvalue weighted by molar-refractivity contribution is 5.90. The van der Waals surface area contributed by atoms with Crippen LogP contribution in [0.2, 0.25) is 0 Å². The van der Waals surface area contributed by atoms with E-state index < -0.39 is 0 Å². The Kier molecular flexibility index (Phi) is 1.06. The molecule has 0 aliphatic rings. The standard InChI is InChI=1S/C8H7NO2/c10-6-3-1-2-5-7(11)4-9-8(5)6/h1-4,9-11H. The summed E-state index contributed by atoms with van der Waals surface area (Å²) in [5.74, 6) is 0.318. The quantitative estimate of drug-likeness (QED) is 0.532. The van der Waals surface area contributed by atoms with E-state index in [9.17, 15) is 10.2 Å². The van der Waals surface area contributed by atoms with Gasteiger partial charge in [-0.05, 0) is 12.1 Å². The van der Waals surface area contributed by atoms with Crippen molar-refractivity contribution in [2.75, 3.05) is 0 Å². The number of hydrogen-bond donors (Lipinski definition) is 3. The maximum Gasteiger partial charge on any atom is 0.140 e. The zero-order chi connectivity index (χ0) is 7.84. The Morgan fingerprint density at radius 2 is 1.91 bits per heavy atom. The van der Waals surface area contributed by atoms with Crippen molar-refractivity contribution in [3.63, 3.8) is 0 Å². The van der Waals surface area contributed by atoms with E-state index in [1.807, 2.05) is 0 Å². The van der Waals surface area contributed by atoms with Crippen molar-refractivity contribution in [2.45, 2.75) is 0 Å². The smallest absolute Gasteiger partial charge is 0.140 e. The van der Waals surface area contributed by atoms with E-state index in [1.54, 1.807) is 18.2 Å². The lowest BCUT2D eigenvalue weighted by Crippen LogP contribution is -1.67. The molecule has 0 fully saturated rings. The molecule has 1 heterocycles. The molecule has 2 aromatic rings. The van der Waals surface area contributed by atoms with Crippen molar-refractivity contribution < 1.29 is 10.2 Å². The van der Waals surface area contributed by atoms with E-state index >= 15 is 0 Å². The molecule has 11 heavy (non-hydrogen) atoms. The molecule has 3 nitrogen and oxygen atoms in total. The van der Waals surface area contributed by atoms with Crippen LogP contribution in [-0.4, -0.2) is 15.2 Å². The molecule has 56 valence electrons. The zero-order valence-corrected chi connectivity index (χ0v) is 5.70. The Balaban J connectivity index is 2.94. The van der Waals surface area contributed by atoms with E-state index in [-0.39, 0.29) is 11.5 Å². The second-order valence-corrected chi connectivity index (χ2v) is 2.37. The summed E-state index contributed by atoms with van der Waals surface area (Å²) in [5.41, 5.74) is 0.574. The Hall–Kier alpha value is -1.64. The highest BCUT2D eigenvalue weighted by Gasteiger charge is 2.03. The van der Waals surface area contributed by atoms with Crippen LogP contribution < -0.4 is 0 Å². The number of aromatic nitrogens is 1. The number of hydrogen-bond acceptors (Lipinski definition) is 2. The summed E-state index contributed by atoms with van der Waals surface area (Å²) in [4.78, 5) is 2.76. The second-order valence-electron chi connectivity index (χ2n) is 2.37. The molecule has 3 heteroatoms. The van der Waals surface area contributed by atoms with Crippen molar-refractivity contribution >= 4 is 10.9 Å². The fourth-order valence-corrected chi connectivity index (χ4v) is 1.12. The van der Waals surface area contributed by atoms with Gasteiger partial charge in [0.05, 0.1) is 5.52 Å². The third-order valence-corrected chi connectivity index (χ3v) is 1.67. The van der Waals surface area contributed by atoms with Gasteiger partial charge in [-0.2, -0.15) is 0 Å². The lowest BCUT2D eigenvalue weighted by atomic mass is 10.2. The normalized spacial score (nSPS) is 10.5. The molecule has 0 bridgehead atoms. The van der Waals surface area contributed by atoms with E-state index in [4.69, 9.17) is 0 Å². The molecule has 0 saturated heterocycles. The van der Waals surface area contributed by atoms with E-state index in [0.717, 1.165) is 0 Å². The first kappa shape index (κ1) is 6.09. The topological polar surface area (TPSA) is 56.2 Å². The van der Waals surface area contributed by atoms with Gasteiger partial charge in [-0.3, -0.25) is 0 Å². The van der Waals surface area contributed by atoms with Crippen LogP contribution in [0.5, 0.6) is 11.5 Å². The summed E-state index contributed by atoms with van der Waals surface area (Å²) < 4.78 is 0. The number of rotatable bonds is 0. The maximum absolute atomic E-state index is 9.24. The molecule has 0 amide bonds. The van der Waals surface area contributed by atoms with Gasteiger partial charge in [0.25, 0.3) is 0 Å². The molecule has 1 aromatic carbocycles. The fourth-order valence-electron chi connectivity index (χ4n) is 1.12. The largest absolute Gasteiger partial charge is 0.506 e. The van der Waals surface area contributed by atoms with Crippen LogP contribution in [0.1, 0.15) is 0 Å². The fraction of sp³-hybridized carbons (Fsp3) is 0. The van der Waals surface area contributed by atoms with Crippen LogP contribution in [0.3, 0.4) is 0 Å². The first-order chi connectivity index (χ1) is 5.29. The molecule has 0 saturated carbocycles. The minimum atomic E-state index is 0.155. The summed E-state index contributed by atoms with van der Waals surface area (Å²) in [6.07, 6.45) is 1.45. The van der Waals surface area contributed by atoms with Gasteiger partial charge in [0, 0.05) is 11.6 Å². The predicted molar refractivity (Wildman–Crippen MR) is 41.6 cm³/mol. The van der Waals surface area contributed by atoms with Crippen LogP contribution in [0.15, 0.2) is 24.4 Å². The van der Waals surface area contributed by atoms with Gasteiger partial charge in [0.1, 0.15) is 11.5 Å². The van der Waals surface area contributed by atoms with Crippen LogP contribution in [0.25, 0.3) is 10.9 Å². The third-order valence-electron chi connectivity index (χ3n) is 1.67. The van der Waals surface area contributed by atoms with Crippen LogP contribution in [0.4, 0.5) is 0 Å². The van der Waals surface area contributed by atoms with Crippen molar-refractivity contribution in [2.24, 2.45) is 0 Å². The summed E-state index contributed by atoms with van der Waals surface area (Å²) in [6, 6.07) is 4.99. The lowest BCUT2D eigenvalue weighted by Gasteiger charge is -1.92. The Labute approximate surface area is 62.9 Å². The molecular formula is C8H7NO2. The van der Waals surface area contributed by atoms with E-state index in [1.165, 1.54) is 6.20 Å².